The summed E-state index contributed by atoms with van der Waals surface area (Å²) < 4.78 is 213. The molecule has 0 saturated heterocycles. The van der Waals surface area contributed by atoms with Crippen molar-refractivity contribution in [3.05, 3.63) is 0 Å². The number of hydrogen-bond donors (Lipinski definition) is 0. The van der Waals surface area contributed by atoms with Crippen molar-refractivity contribution in [2.45, 2.75) is 139 Å². The molecular weight excluding hydrogens is 813 g/mol. The highest BCUT2D eigenvalue weighted by Crippen LogP contribution is 2.61. The monoisotopic (exact) mass is 856 g/mol. The lowest BCUT2D eigenvalue weighted by Gasteiger charge is -2.42. The van der Waals surface area contributed by atoms with E-state index in [4.69, 9.17) is 24.7 Å². The SMILES string of the molecule is C[Si](C)O[Si](CCC(F)(F)C(F)(F)C(F)(F)C(F)(F)C(F)(F)C(F)(F)CC[Si](O[Si](C)C)(O[Si](C)C)O[Si](C)C)(O[Si](C)C)O[Si](C)C. The first-order valence-corrected chi connectivity index (χ1v) is 32.7. The van der Waals surface area contributed by atoms with Gasteiger partial charge in [-0.1, -0.05) is 0 Å². The summed E-state index contributed by atoms with van der Waals surface area (Å²) in [5.41, 5.74) is 0. The maximum absolute atomic E-state index is 15.0. The number of halogens is 12. The fraction of sp³-hybridized carbons (Fsp3) is 1.00. The highest BCUT2D eigenvalue weighted by molar-refractivity contribution is 6.80. The van der Waals surface area contributed by atoms with E-state index in [0.29, 0.717) is 0 Å². The molecule has 0 aromatic heterocycles. The highest BCUT2D eigenvalue weighted by Gasteiger charge is 2.89. The van der Waals surface area contributed by atoms with Crippen molar-refractivity contribution < 1.29 is 77.4 Å². The Hall–Kier alpha value is 0.655. The largest absolute Gasteiger partial charge is 0.469 e. The molecule has 48 heavy (non-hydrogen) atoms. The summed E-state index contributed by atoms with van der Waals surface area (Å²) >= 11 is 0. The van der Waals surface area contributed by atoms with Crippen molar-refractivity contribution in [2.75, 3.05) is 0 Å². The zero-order valence-electron chi connectivity index (χ0n) is 28.8. The van der Waals surface area contributed by atoms with Crippen LogP contribution >= 0.6 is 0 Å². The van der Waals surface area contributed by atoms with Crippen LogP contribution in [0, 0.1) is 0 Å². The van der Waals surface area contributed by atoms with E-state index >= 15 is 0 Å². The van der Waals surface area contributed by atoms with Gasteiger partial charge in [-0.2, -0.15) is 52.7 Å². The van der Waals surface area contributed by atoms with Gasteiger partial charge in [0.15, 0.2) is 54.2 Å². The molecule has 0 saturated carbocycles. The second-order valence-corrected chi connectivity index (χ2v) is 31.7. The van der Waals surface area contributed by atoms with E-state index in [1.54, 1.807) is 0 Å². The van der Waals surface area contributed by atoms with Gasteiger partial charge in [0.25, 0.3) is 0 Å². The van der Waals surface area contributed by atoms with Gasteiger partial charge in [-0.15, -0.1) is 0 Å². The number of alkyl halides is 12. The highest BCUT2D eigenvalue weighted by atomic mass is 28.5. The Balaban J connectivity index is 6.69. The Kier molecular flexibility index (Phi) is 17.9. The zero-order valence-corrected chi connectivity index (χ0v) is 36.8. The molecule has 0 aromatic carbocycles. The molecule has 0 amide bonds. The predicted octanol–water partition coefficient (Wildman–Crippen LogP) is 9.06. The van der Waals surface area contributed by atoms with Gasteiger partial charge in [-0.05, 0) is 78.6 Å². The zero-order chi connectivity index (χ0) is 38.5. The summed E-state index contributed by atoms with van der Waals surface area (Å²) in [6.45, 7) is 18.1. The predicted molar refractivity (Wildman–Crippen MR) is 171 cm³/mol. The van der Waals surface area contributed by atoms with Crippen molar-refractivity contribution in [3.8, 4) is 0 Å². The van der Waals surface area contributed by atoms with Gasteiger partial charge in [0.1, 0.15) is 0 Å². The molecule has 0 spiro atoms. The molecule has 0 aliphatic carbocycles. The van der Waals surface area contributed by atoms with E-state index in [9.17, 15) is 52.7 Å². The third kappa shape index (κ3) is 12.1. The number of hydrogen-bond acceptors (Lipinski definition) is 6. The lowest BCUT2D eigenvalue weighted by molar-refractivity contribution is -0.425. The summed E-state index contributed by atoms with van der Waals surface area (Å²) in [6.07, 6.45) is -4.65. The van der Waals surface area contributed by atoms with Crippen LogP contribution in [0.15, 0.2) is 0 Å². The van der Waals surface area contributed by atoms with E-state index in [0.717, 1.165) is 0 Å². The molecule has 284 valence electrons. The van der Waals surface area contributed by atoms with E-state index < -0.39 is 132 Å². The van der Waals surface area contributed by atoms with Crippen LogP contribution in [0.5, 0.6) is 0 Å². The minimum absolute atomic E-state index is 1.27. The molecule has 6 nitrogen and oxygen atoms in total. The number of rotatable bonds is 23. The molecular formula is C22H44F12O6Si8. The smallest absolute Gasteiger partial charge is 0.416 e. The van der Waals surface area contributed by atoms with Crippen LogP contribution in [0.1, 0.15) is 12.8 Å². The second kappa shape index (κ2) is 17.7. The standard InChI is InChI=1S/C22H44F12O6Si8/c1-41(2)35-47(36-42(3)4,37-43(5)6)15-13-17(23,24)19(27,28)21(31,32)22(33,34)20(29,30)18(25,26)14-16-48(38-44(7)8,39-45(9)10)40-46(11)12/h13-16H2,1-12H3. The molecule has 0 fully saturated rings. The molecule has 0 N–H and O–H groups in total. The Labute approximate surface area is 287 Å². The van der Waals surface area contributed by atoms with Gasteiger partial charge in [-0.3, -0.25) is 0 Å². The van der Waals surface area contributed by atoms with Gasteiger partial charge < -0.3 is 24.7 Å². The lowest BCUT2D eigenvalue weighted by atomic mass is 9.90. The van der Waals surface area contributed by atoms with Gasteiger partial charge in [0.05, 0.1) is 0 Å². The molecule has 0 rings (SSSR count). The fourth-order valence-corrected chi connectivity index (χ4v) is 26.0. The van der Waals surface area contributed by atoms with E-state index in [1.165, 1.54) is 78.6 Å². The Morgan fingerprint density at radius 1 is 0.333 bits per heavy atom. The normalized spacial score (nSPS) is 15.4. The average molecular weight is 857 g/mol. The van der Waals surface area contributed by atoms with Crippen molar-refractivity contribution in [2.24, 2.45) is 0 Å². The Morgan fingerprint density at radius 2 is 0.500 bits per heavy atom. The average Bonchev–Trinajstić information content (AvgIpc) is 2.83. The van der Waals surface area contributed by atoms with Crippen molar-refractivity contribution in [1.29, 1.82) is 0 Å². The van der Waals surface area contributed by atoms with Crippen LogP contribution in [0.4, 0.5) is 52.7 Å². The van der Waals surface area contributed by atoms with E-state index in [1.807, 2.05) is 0 Å². The van der Waals surface area contributed by atoms with Crippen molar-refractivity contribution >= 4 is 71.9 Å². The van der Waals surface area contributed by atoms with Crippen molar-refractivity contribution in [3.63, 3.8) is 0 Å². The summed E-state index contributed by atoms with van der Waals surface area (Å²) in [5.74, 6) is -42.2. The minimum atomic E-state index is -7.68. The van der Waals surface area contributed by atoms with Crippen LogP contribution in [0.2, 0.25) is 90.7 Å². The summed E-state index contributed by atoms with van der Waals surface area (Å²) in [7, 11) is -19.8. The van der Waals surface area contributed by atoms with Crippen LogP contribution < -0.4 is 0 Å². The molecule has 6 radical (unpaired) electrons. The topological polar surface area (TPSA) is 55.4 Å². The molecule has 0 heterocycles. The first kappa shape index (κ1) is 48.7. The molecule has 0 atom stereocenters. The first-order chi connectivity index (χ1) is 21.2. The lowest BCUT2D eigenvalue weighted by Crippen LogP contribution is -2.71. The maximum atomic E-state index is 15.0. The maximum Gasteiger partial charge on any atom is 0.469 e. The van der Waals surface area contributed by atoms with Gasteiger partial charge in [0, 0.05) is 24.9 Å². The molecule has 0 aromatic rings. The van der Waals surface area contributed by atoms with Crippen LogP contribution in [-0.4, -0.2) is 107 Å². The second-order valence-electron chi connectivity index (χ2n) is 12.1. The third-order valence-corrected chi connectivity index (χ3v) is 24.7. The Bertz CT molecular complexity index is 868. The van der Waals surface area contributed by atoms with Gasteiger partial charge in [-0.25, -0.2) is 0 Å². The quantitative estimate of drug-likeness (QED) is 0.0756. The molecule has 0 aliphatic rings. The van der Waals surface area contributed by atoms with Gasteiger partial charge in [0.2, 0.25) is 0 Å². The molecule has 26 heteroatoms. The van der Waals surface area contributed by atoms with E-state index in [2.05, 4.69) is 0 Å². The molecule has 0 unspecified atom stereocenters. The van der Waals surface area contributed by atoms with E-state index in [-0.39, 0.29) is 0 Å². The molecule has 0 aliphatic heterocycles. The Morgan fingerprint density at radius 3 is 0.646 bits per heavy atom. The van der Waals surface area contributed by atoms with Gasteiger partial charge >= 0.3 is 53.1 Å². The van der Waals surface area contributed by atoms with Crippen LogP contribution in [0.25, 0.3) is 0 Å². The van der Waals surface area contributed by atoms with Crippen LogP contribution in [-0.2, 0) is 24.7 Å². The summed E-state index contributed by atoms with van der Waals surface area (Å²) in [5, 5.41) is 0. The fourth-order valence-electron chi connectivity index (χ4n) is 4.09. The van der Waals surface area contributed by atoms with Crippen molar-refractivity contribution in [1.82, 2.24) is 0 Å². The first-order valence-electron chi connectivity index (χ1n) is 14.4. The summed E-state index contributed by atoms with van der Waals surface area (Å²) in [6, 6.07) is -2.54. The third-order valence-electron chi connectivity index (χ3n) is 5.75. The molecule has 0 bridgehead atoms. The summed E-state index contributed by atoms with van der Waals surface area (Å²) in [4.78, 5) is 0. The minimum Gasteiger partial charge on any atom is -0.416 e. The van der Waals surface area contributed by atoms with Crippen LogP contribution in [0.3, 0.4) is 0 Å².